The summed E-state index contributed by atoms with van der Waals surface area (Å²) in [5, 5.41) is 0.237. The Hall–Kier alpha value is -3.28. The quantitative estimate of drug-likeness (QED) is 0.527. The monoisotopic (exact) mass is 321 g/mol. The van der Waals surface area contributed by atoms with Gasteiger partial charge in [-0.2, -0.15) is 0 Å². The second-order valence-electron chi connectivity index (χ2n) is 5.86. The van der Waals surface area contributed by atoms with E-state index >= 15 is 0 Å². The van der Waals surface area contributed by atoms with E-state index in [-0.39, 0.29) is 21.5 Å². The van der Waals surface area contributed by atoms with Crippen LogP contribution in [0.3, 0.4) is 0 Å². The summed E-state index contributed by atoms with van der Waals surface area (Å²) >= 11 is 0. The number of fused-ring (bicyclic) bond motifs is 2. The number of aryl methyl sites for hydroxylation is 2. The molecular weight excluding hydrogens is 310 g/mol. The van der Waals surface area contributed by atoms with E-state index in [1.807, 2.05) is 26.0 Å². The van der Waals surface area contributed by atoms with Crippen LogP contribution >= 0.6 is 0 Å². The first-order chi connectivity index (χ1) is 11.4. The van der Waals surface area contributed by atoms with E-state index in [0.29, 0.717) is 5.69 Å². The van der Waals surface area contributed by atoms with Crippen molar-refractivity contribution >= 4 is 21.5 Å². The third-order valence-electron chi connectivity index (χ3n) is 4.24. The van der Waals surface area contributed by atoms with Crippen molar-refractivity contribution in [3.05, 3.63) is 83.0 Å². The molecule has 0 aliphatic heterocycles. The molecule has 2 aromatic carbocycles. The van der Waals surface area contributed by atoms with Gasteiger partial charge >= 0.3 is 11.3 Å². The third kappa shape index (κ3) is 1.76. The maximum atomic E-state index is 12.7. The minimum atomic E-state index is -0.803. The molecule has 0 bridgehead atoms. The molecule has 0 aliphatic carbocycles. The van der Waals surface area contributed by atoms with E-state index in [1.165, 1.54) is 12.1 Å². The number of hydrogen-bond donors (Lipinski definition) is 0. The topological polar surface area (TPSA) is 86.3 Å². The number of hydrogen-bond acceptors (Lipinski definition) is 5. The molecule has 24 heavy (non-hydrogen) atoms. The standard InChI is InChI=1S/C18H11NO5/c1-8-3-4-14(9(2)5-8)19-15(20)10-6-12-13(7-11(10)16(19)21)18(23)24-17(12)22/h3-7H,1-2H3. The van der Waals surface area contributed by atoms with Gasteiger partial charge in [-0.25, -0.2) is 14.2 Å². The minimum absolute atomic E-state index is 0.0161. The number of aromatic nitrogens is 1. The fourth-order valence-electron chi connectivity index (χ4n) is 3.09. The summed E-state index contributed by atoms with van der Waals surface area (Å²) < 4.78 is 5.58. The second kappa shape index (κ2) is 4.61. The molecule has 6 heteroatoms. The second-order valence-corrected chi connectivity index (χ2v) is 5.86. The zero-order valence-electron chi connectivity index (χ0n) is 12.9. The molecule has 6 nitrogen and oxygen atoms in total. The van der Waals surface area contributed by atoms with E-state index in [9.17, 15) is 19.2 Å². The molecule has 0 atom stereocenters. The lowest BCUT2D eigenvalue weighted by Gasteiger charge is -2.05. The van der Waals surface area contributed by atoms with E-state index in [4.69, 9.17) is 0 Å². The lowest BCUT2D eigenvalue weighted by molar-refractivity contribution is 0.500. The normalized spacial score (nSPS) is 11.6. The molecular formula is C18H11NO5. The molecule has 4 aromatic rings. The Bertz CT molecular complexity index is 1270. The van der Waals surface area contributed by atoms with Gasteiger partial charge in [-0.1, -0.05) is 17.7 Å². The summed E-state index contributed by atoms with van der Waals surface area (Å²) in [7, 11) is 0. The Morgan fingerprint density at radius 2 is 1.29 bits per heavy atom. The fourth-order valence-corrected chi connectivity index (χ4v) is 3.09. The molecule has 0 fully saturated rings. The maximum Gasteiger partial charge on any atom is 0.346 e. The van der Waals surface area contributed by atoms with Gasteiger partial charge in [0.2, 0.25) is 0 Å². The van der Waals surface area contributed by atoms with Crippen LogP contribution in [0.4, 0.5) is 0 Å². The number of benzene rings is 2. The highest BCUT2D eigenvalue weighted by molar-refractivity contribution is 5.97. The molecule has 118 valence electrons. The van der Waals surface area contributed by atoms with Gasteiger partial charge < -0.3 is 4.42 Å². The molecule has 2 aromatic heterocycles. The molecule has 0 saturated carbocycles. The van der Waals surface area contributed by atoms with Gasteiger partial charge in [-0.05, 0) is 37.6 Å². The Labute approximate surface area is 133 Å². The van der Waals surface area contributed by atoms with Crippen molar-refractivity contribution in [1.82, 2.24) is 4.57 Å². The van der Waals surface area contributed by atoms with Gasteiger partial charge in [0.05, 0.1) is 27.2 Å². The van der Waals surface area contributed by atoms with Crippen LogP contribution in [-0.2, 0) is 0 Å². The Kier molecular flexibility index (Phi) is 2.75. The molecule has 4 rings (SSSR count). The van der Waals surface area contributed by atoms with Gasteiger partial charge in [0, 0.05) is 0 Å². The van der Waals surface area contributed by atoms with Crippen molar-refractivity contribution < 1.29 is 4.42 Å². The van der Waals surface area contributed by atoms with E-state index in [2.05, 4.69) is 4.42 Å². The first kappa shape index (κ1) is 14.3. The summed E-state index contributed by atoms with van der Waals surface area (Å²) in [4.78, 5) is 48.7. The largest absolute Gasteiger partial charge is 0.386 e. The van der Waals surface area contributed by atoms with E-state index in [1.54, 1.807) is 6.07 Å². The maximum absolute atomic E-state index is 12.7. The van der Waals surface area contributed by atoms with Crippen LogP contribution < -0.4 is 22.4 Å². The van der Waals surface area contributed by atoms with Crippen LogP contribution in [-0.4, -0.2) is 4.57 Å². The zero-order chi connectivity index (χ0) is 17.2. The summed E-state index contributed by atoms with van der Waals surface area (Å²) in [5.74, 6) is 0. The molecule has 0 N–H and O–H groups in total. The van der Waals surface area contributed by atoms with E-state index < -0.39 is 22.4 Å². The highest BCUT2D eigenvalue weighted by Crippen LogP contribution is 2.18. The van der Waals surface area contributed by atoms with Crippen molar-refractivity contribution in [3.8, 4) is 5.69 Å². The predicted octanol–water partition coefficient (Wildman–Crippen LogP) is 1.31. The van der Waals surface area contributed by atoms with Crippen molar-refractivity contribution in [2.24, 2.45) is 0 Å². The number of furan rings is 1. The van der Waals surface area contributed by atoms with Crippen LogP contribution in [0.2, 0.25) is 0 Å². The zero-order valence-corrected chi connectivity index (χ0v) is 12.9. The summed E-state index contributed by atoms with van der Waals surface area (Å²) in [6.07, 6.45) is 0. The summed E-state index contributed by atoms with van der Waals surface area (Å²) in [6, 6.07) is 7.93. The Morgan fingerprint density at radius 1 is 0.750 bits per heavy atom. The molecule has 0 spiro atoms. The molecule has 0 radical (unpaired) electrons. The number of rotatable bonds is 1. The minimum Gasteiger partial charge on any atom is -0.386 e. The van der Waals surface area contributed by atoms with Crippen molar-refractivity contribution in [2.75, 3.05) is 0 Å². The van der Waals surface area contributed by atoms with Gasteiger partial charge in [0.1, 0.15) is 0 Å². The Balaban J connectivity index is 2.19. The molecule has 2 heterocycles. The highest BCUT2D eigenvalue weighted by atomic mass is 16.4. The lowest BCUT2D eigenvalue weighted by Crippen LogP contribution is -2.24. The molecule has 0 aliphatic rings. The average molecular weight is 321 g/mol. The average Bonchev–Trinajstić information content (AvgIpc) is 2.94. The number of nitrogens with zero attached hydrogens (tertiary/aromatic N) is 1. The van der Waals surface area contributed by atoms with Crippen LogP contribution in [0.25, 0.3) is 27.2 Å². The SMILES string of the molecule is Cc1ccc(-n2c(=O)c3cc4c(=O)oc(=O)c4cc3c2=O)c(C)c1. The van der Waals surface area contributed by atoms with Crippen LogP contribution in [0.15, 0.2) is 53.9 Å². The van der Waals surface area contributed by atoms with Gasteiger partial charge in [0.15, 0.2) is 0 Å². The fraction of sp³-hybridized carbons (Fsp3) is 0.111. The third-order valence-corrected chi connectivity index (χ3v) is 4.24. The Morgan fingerprint density at radius 3 is 1.79 bits per heavy atom. The smallest absolute Gasteiger partial charge is 0.346 e. The first-order valence-corrected chi connectivity index (χ1v) is 7.29. The van der Waals surface area contributed by atoms with Crippen LogP contribution in [0, 0.1) is 13.8 Å². The summed E-state index contributed by atoms with van der Waals surface area (Å²) in [5.41, 5.74) is -0.353. The summed E-state index contributed by atoms with van der Waals surface area (Å²) in [6.45, 7) is 3.73. The van der Waals surface area contributed by atoms with Crippen LogP contribution in [0.5, 0.6) is 0 Å². The van der Waals surface area contributed by atoms with E-state index in [0.717, 1.165) is 15.7 Å². The molecule has 0 saturated heterocycles. The van der Waals surface area contributed by atoms with Crippen LogP contribution in [0.1, 0.15) is 11.1 Å². The van der Waals surface area contributed by atoms with Gasteiger partial charge in [0.25, 0.3) is 11.1 Å². The van der Waals surface area contributed by atoms with Crippen molar-refractivity contribution in [2.45, 2.75) is 13.8 Å². The lowest BCUT2D eigenvalue weighted by atomic mass is 10.1. The highest BCUT2D eigenvalue weighted by Gasteiger charge is 2.19. The molecule has 0 amide bonds. The van der Waals surface area contributed by atoms with Gasteiger partial charge in [-0.3, -0.25) is 9.59 Å². The molecule has 0 unspecified atom stereocenters. The predicted molar refractivity (Wildman–Crippen MR) is 90.0 cm³/mol. The van der Waals surface area contributed by atoms with Gasteiger partial charge in [-0.15, -0.1) is 0 Å². The first-order valence-electron chi connectivity index (χ1n) is 7.29. The van der Waals surface area contributed by atoms with Crippen molar-refractivity contribution in [1.29, 1.82) is 0 Å². The van der Waals surface area contributed by atoms with Crippen molar-refractivity contribution in [3.63, 3.8) is 0 Å².